The number of rotatable bonds is 7. The molecule has 0 spiro atoms. The lowest BCUT2D eigenvalue weighted by molar-refractivity contribution is 0.0695. The number of aryl methyl sites for hydroxylation is 2. The average molecular weight is 439 g/mol. The summed E-state index contributed by atoms with van der Waals surface area (Å²) in [6.45, 7) is 1.77. The molecule has 1 N–H and O–H groups in total. The highest BCUT2D eigenvalue weighted by Gasteiger charge is 2.28. The van der Waals surface area contributed by atoms with Gasteiger partial charge in [0.05, 0.1) is 23.0 Å². The third-order valence-electron chi connectivity index (χ3n) is 5.79. The van der Waals surface area contributed by atoms with E-state index in [-0.39, 0.29) is 17.4 Å². The van der Waals surface area contributed by atoms with Crippen LogP contribution < -0.4 is 0 Å². The number of hydrogen-bond donors (Lipinski definition) is 1. The van der Waals surface area contributed by atoms with Gasteiger partial charge in [0, 0.05) is 11.6 Å². The fraction of sp³-hybridized carbons (Fsp3) is 0.280. The SMILES string of the molecule is O=C(O)c1ccc(C2CCCN2Cc2ccc(Cl)cc2)nc1CCc1ccc(F)cc1. The van der Waals surface area contributed by atoms with Crippen molar-refractivity contribution in [3.05, 3.63) is 99.6 Å². The van der Waals surface area contributed by atoms with E-state index < -0.39 is 5.97 Å². The van der Waals surface area contributed by atoms with Crippen molar-refractivity contribution < 1.29 is 14.3 Å². The van der Waals surface area contributed by atoms with E-state index in [9.17, 15) is 14.3 Å². The second kappa shape index (κ2) is 9.58. The smallest absolute Gasteiger partial charge is 0.337 e. The minimum Gasteiger partial charge on any atom is -0.478 e. The van der Waals surface area contributed by atoms with Gasteiger partial charge in [-0.2, -0.15) is 0 Å². The quantitative estimate of drug-likeness (QED) is 0.514. The van der Waals surface area contributed by atoms with Crippen LogP contribution >= 0.6 is 11.6 Å². The number of pyridine rings is 1. The van der Waals surface area contributed by atoms with E-state index in [2.05, 4.69) is 4.90 Å². The molecule has 0 aliphatic carbocycles. The molecule has 0 saturated carbocycles. The Bertz CT molecular complexity index is 1050. The molecule has 2 heterocycles. The van der Waals surface area contributed by atoms with Gasteiger partial charge in [-0.25, -0.2) is 9.18 Å². The molecule has 1 aromatic heterocycles. The Morgan fingerprint density at radius 1 is 1.03 bits per heavy atom. The Hall–Kier alpha value is -2.76. The van der Waals surface area contributed by atoms with E-state index in [4.69, 9.17) is 16.6 Å². The van der Waals surface area contributed by atoms with Crippen molar-refractivity contribution in [3.8, 4) is 0 Å². The van der Waals surface area contributed by atoms with E-state index in [0.29, 0.717) is 18.5 Å². The third-order valence-corrected chi connectivity index (χ3v) is 6.05. The highest BCUT2D eigenvalue weighted by atomic mass is 35.5. The summed E-state index contributed by atoms with van der Waals surface area (Å²) in [6, 6.07) is 17.8. The van der Waals surface area contributed by atoms with Crippen LogP contribution in [-0.2, 0) is 19.4 Å². The summed E-state index contributed by atoms with van der Waals surface area (Å²) in [5, 5.41) is 10.3. The summed E-state index contributed by atoms with van der Waals surface area (Å²) >= 11 is 6.00. The second-order valence-electron chi connectivity index (χ2n) is 7.92. The van der Waals surface area contributed by atoms with Crippen molar-refractivity contribution in [2.75, 3.05) is 6.54 Å². The van der Waals surface area contributed by atoms with Crippen LogP contribution in [0.4, 0.5) is 4.39 Å². The number of carboxylic acid groups (broad SMARTS) is 1. The molecule has 4 rings (SSSR count). The van der Waals surface area contributed by atoms with Crippen LogP contribution in [0.5, 0.6) is 0 Å². The zero-order valence-corrected chi connectivity index (χ0v) is 17.9. The number of carbonyl (C=O) groups is 1. The minimum absolute atomic E-state index is 0.156. The molecule has 0 radical (unpaired) electrons. The first-order chi connectivity index (χ1) is 15.0. The van der Waals surface area contributed by atoms with Crippen LogP contribution in [0, 0.1) is 5.82 Å². The summed E-state index contributed by atoms with van der Waals surface area (Å²) in [5.41, 5.74) is 3.86. The van der Waals surface area contributed by atoms with Gasteiger partial charge >= 0.3 is 5.97 Å². The Kier molecular flexibility index (Phi) is 6.64. The lowest BCUT2D eigenvalue weighted by atomic mass is 10.0. The van der Waals surface area contributed by atoms with Crippen molar-refractivity contribution >= 4 is 17.6 Å². The molecule has 6 heteroatoms. The number of halogens is 2. The molecule has 1 unspecified atom stereocenters. The van der Waals surface area contributed by atoms with Gasteiger partial charge < -0.3 is 5.11 Å². The van der Waals surface area contributed by atoms with E-state index in [1.54, 1.807) is 18.2 Å². The number of nitrogens with zero attached hydrogens (tertiary/aromatic N) is 2. The minimum atomic E-state index is -0.974. The molecule has 1 aliphatic rings. The van der Waals surface area contributed by atoms with Gasteiger partial charge in [0.2, 0.25) is 0 Å². The fourth-order valence-corrected chi connectivity index (χ4v) is 4.30. The molecule has 31 heavy (non-hydrogen) atoms. The molecule has 0 bridgehead atoms. The Balaban J connectivity index is 1.54. The predicted octanol–water partition coefficient (Wildman–Crippen LogP) is 5.69. The molecule has 1 aliphatic heterocycles. The van der Waals surface area contributed by atoms with Gasteiger partial charge in [0.25, 0.3) is 0 Å². The number of carboxylic acids is 1. The van der Waals surface area contributed by atoms with E-state index in [1.165, 1.54) is 17.7 Å². The maximum atomic E-state index is 13.2. The summed E-state index contributed by atoms with van der Waals surface area (Å²) in [7, 11) is 0. The summed E-state index contributed by atoms with van der Waals surface area (Å²) in [5.74, 6) is -1.25. The number of hydrogen-bond acceptors (Lipinski definition) is 3. The fourth-order valence-electron chi connectivity index (χ4n) is 4.18. The predicted molar refractivity (Wildman–Crippen MR) is 119 cm³/mol. The first kappa shape index (κ1) is 21.5. The van der Waals surface area contributed by atoms with Crippen LogP contribution in [0.1, 0.15) is 51.8 Å². The number of aromatic carboxylic acids is 1. The van der Waals surface area contributed by atoms with Crippen molar-refractivity contribution in [3.63, 3.8) is 0 Å². The largest absolute Gasteiger partial charge is 0.478 e. The van der Waals surface area contributed by atoms with Crippen molar-refractivity contribution in [2.45, 2.75) is 38.3 Å². The zero-order valence-electron chi connectivity index (χ0n) is 17.1. The monoisotopic (exact) mass is 438 g/mol. The lowest BCUT2D eigenvalue weighted by Crippen LogP contribution is -2.24. The molecule has 4 nitrogen and oxygen atoms in total. The lowest BCUT2D eigenvalue weighted by Gasteiger charge is -2.25. The standard InChI is InChI=1S/C25H24ClFN2O2/c26-19-8-3-18(4-9-19)16-29-15-1-2-24(29)23-14-12-21(25(30)31)22(28-23)13-7-17-5-10-20(27)11-6-17/h3-6,8-12,14,24H,1-2,7,13,15-16H2,(H,30,31). The highest BCUT2D eigenvalue weighted by Crippen LogP contribution is 2.33. The first-order valence-electron chi connectivity index (χ1n) is 10.5. The maximum Gasteiger partial charge on any atom is 0.337 e. The molecule has 0 amide bonds. The molecule has 160 valence electrons. The van der Waals surface area contributed by atoms with Gasteiger partial charge in [0.15, 0.2) is 0 Å². The molecular weight excluding hydrogens is 415 g/mol. The summed E-state index contributed by atoms with van der Waals surface area (Å²) in [6.07, 6.45) is 3.16. The Labute approximate surface area is 186 Å². The molecule has 1 fully saturated rings. The molecule has 1 saturated heterocycles. The van der Waals surface area contributed by atoms with E-state index in [1.807, 2.05) is 30.3 Å². The van der Waals surface area contributed by atoms with Crippen LogP contribution in [0.15, 0.2) is 60.7 Å². The van der Waals surface area contributed by atoms with Crippen LogP contribution in [0.25, 0.3) is 0 Å². The summed E-state index contributed by atoms with van der Waals surface area (Å²) < 4.78 is 13.2. The van der Waals surface area contributed by atoms with E-state index >= 15 is 0 Å². The van der Waals surface area contributed by atoms with Crippen molar-refractivity contribution in [1.29, 1.82) is 0 Å². The molecule has 2 aromatic carbocycles. The number of likely N-dealkylation sites (tertiary alicyclic amines) is 1. The van der Waals surface area contributed by atoms with Gasteiger partial charge in [0.1, 0.15) is 5.82 Å². The Morgan fingerprint density at radius 2 is 1.74 bits per heavy atom. The van der Waals surface area contributed by atoms with Gasteiger partial charge in [-0.3, -0.25) is 9.88 Å². The molecular formula is C25H24ClFN2O2. The first-order valence-corrected chi connectivity index (χ1v) is 10.8. The Morgan fingerprint density at radius 3 is 2.45 bits per heavy atom. The van der Waals surface area contributed by atoms with Crippen LogP contribution in [0.2, 0.25) is 5.02 Å². The van der Waals surface area contributed by atoms with Gasteiger partial charge in [-0.1, -0.05) is 35.9 Å². The van der Waals surface area contributed by atoms with Crippen LogP contribution in [-0.4, -0.2) is 27.5 Å². The summed E-state index contributed by atoms with van der Waals surface area (Å²) in [4.78, 5) is 18.9. The second-order valence-corrected chi connectivity index (χ2v) is 8.35. The van der Waals surface area contributed by atoms with Crippen molar-refractivity contribution in [1.82, 2.24) is 9.88 Å². The molecule has 3 aromatic rings. The van der Waals surface area contributed by atoms with Gasteiger partial charge in [-0.05, 0) is 79.8 Å². The van der Waals surface area contributed by atoms with Gasteiger partial charge in [-0.15, -0.1) is 0 Å². The van der Waals surface area contributed by atoms with Crippen molar-refractivity contribution in [2.24, 2.45) is 0 Å². The highest BCUT2D eigenvalue weighted by molar-refractivity contribution is 6.30. The number of aromatic nitrogens is 1. The topological polar surface area (TPSA) is 53.4 Å². The molecule has 1 atom stereocenters. The zero-order chi connectivity index (χ0) is 21.8. The normalized spacial score (nSPS) is 16.5. The average Bonchev–Trinajstić information content (AvgIpc) is 3.23. The third kappa shape index (κ3) is 5.30. The van der Waals surface area contributed by atoms with E-state index in [0.717, 1.165) is 42.2 Å². The maximum absolute atomic E-state index is 13.2. The number of benzene rings is 2. The van der Waals surface area contributed by atoms with Crippen LogP contribution in [0.3, 0.4) is 0 Å².